The number of rotatable bonds is 3. The maximum Gasteiger partial charge on any atom is 0.168 e. The topological polar surface area (TPSA) is 26.3 Å². The van der Waals surface area contributed by atoms with Crippen LogP contribution in [0.1, 0.15) is 32.6 Å². The minimum Gasteiger partial charge on any atom is -0.497 e. The second kappa shape index (κ2) is 5.87. The Hall–Kier alpha value is -8.85. The molecule has 1 fully saturated rings. The summed E-state index contributed by atoms with van der Waals surface area (Å²) in [5.41, 5.74) is 6.19. The van der Waals surface area contributed by atoms with Crippen molar-refractivity contribution in [2.24, 2.45) is 5.92 Å². The maximum absolute atomic E-state index is 16.9. The fourth-order valence-electron chi connectivity index (χ4n) is 25.7. The van der Waals surface area contributed by atoms with Gasteiger partial charge in [-0.1, -0.05) is 0 Å². The van der Waals surface area contributed by atoms with Gasteiger partial charge in [0.25, 0.3) is 0 Å². The zero-order chi connectivity index (χ0) is 42.3. The van der Waals surface area contributed by atoms with E-state index in [-0.39, 0.29) is 5.92 Å². The van der Waals surface area contributed by atoms with E-state index in [1.807, 2.05) is 12.1 Å². The summed E-state index contributed by atoms with van der Waals surface area (Å²) < 4.78 is 5.77. The van der Waals surface area contributed by atoms with Gasteiger partial charge < -0.3 is 4.74 Å². The van der Waals surface area contributed by atoms with Crippen LogP contribution in [-0.4, -0.2) is 12.9 Å². The molecule has 0 heterocycles. The van der Waals surface area contributed by atoms with Crippen LogP contribution in [-0.2, 0) is 10.8 Å². The predicted octanol–water partition coefficient (Wildman–Crippen LogP) is 17.8. The van der Waals surface area contributed by atoms with E-state index >= 15 is 4.79 Å². The molecule has 0 aliphatic heterocycles. The summed E-state index contributed by atoms with van der Waals surface area (Å²) in [6.45, 7) is 0. The van der Waals surface area contributed by atoms with Gasteiger partial charge in [0.2, 0.25) is 0 Å². The van der Waals surface area contributed by atoms with Crippen molar-refractivity contribution in [2.75, 3.05) is 7.11 Å². The van der Waals surface area contributed by atoms with Crippen LogP contribution in [0.4, 0.5) is 0 Å². The molecular weight excluding hydrogens is 861 g/mol. The van der Waals surface area contributed by atoms with Gasteiger partial charge in [-0.05, 0) is 337 Å². The van der Waals surface area contributed by atoms with E-state index in [4.69, 9.17) is 4.74 Å². The molecule has 0 aromatic heterocycles. The Balaban J connectivity index is 1.13. The molecule has 0 N–H and O–H groups in total. The van der Waals surface area contributed by atoms with Crippen molar-refractivity contribution in [1.82, 2.24) is 0 Å². The first kappa shape index (κ1) is 26.2. The molecule has 0 unspecified atom stereocenters. The summed E-state index contributed by atoms with van der Waals surface area (Å²) in [6.07, 6.45) is 0. The van der Waals surface area contributed by atoms with Gasteiger partial charge in [-0.2, -0.15) is 0 Å². The molecular formula is C69H8O2. The van der Waals surface area contributed by atoms with E-state index in [0.29, 0.717) is 5.78 Å². The molecule has 0 bridgehead atoms. The van der Waals surface area contributed by atoms with Crippen LogP contribution in [0.25, 0.3) is 291 Å². The van der Waals surface area contributed by atoms with Crippen molar-refractivity contribution in [1.29, 1.82) is 0 Å². The van der Waals surface area contributed by atoms with E-state index in [9.17, 15) is 0 Å². The minimum absolute atomic E-state index is 0.239. The highest BCUT2D eigenvalue weighted by Gasteiger charge is 2.88. The number of ether oxygens (including phenoxy) is 1. The van der Waals surface area contributed by atoms with Crippen LogP contribution in [0, 0.1) is 5.92 Å². The van der Waals surface area contributed by atoms with Gasteiger partial charge >= 0.3 is 0 Å². The van der Waals surface area contributed by atoms with Gasteiger partial charge in [0.15, 0.2) is 5.78 Å². The van der Waals surface area contributed by atoms with Gasteiger partial charge in [-0.25, -0.2) is 0 Å². The van der Waals surface area contributed by atoms with E-state index in [1.54, 1.807) is 320 Å². The van der Waals surface area contributed by atoms with Crippen LogP contribution in [0.3, 0.4) is 0 Å². The fraction of sp³-hybridized carbons (Fsp3) is 0.0580. The zero-order valence-electron chi connectivity index (χ0n) is 36.2. The maximum atomic E-state index is 16.9. The number of hydrogen-bond acceptors (Lipinski definition) is 2. The van der Waals surface area contributed by atoms with Crippen LogP contribution in [0.2, 0.25) is 0 Å². The van der Waals surface area contributed by atoms with Crippen LogP contribution >= 0.6 is 0 Å². The van der Waals surface area contributed by atoms with E-state index in [1.165, 1.54) is 0 Å². The van der Waals surface area contributed by atoms with Crippen LogP contribution in [0.15, 0.2) is 24.3 Å². The number of methoxy groups -OCH3 is 1. The fourth-order valence-corrected chi connectivity index (χ4v) is 25.7. The first-order chi connectivity index (χ1) is 35.3. The Labute approximate surface area is 385 Å². The van der Waals surface area contributed by atoms with E-state index in [0.717, 1.165) is 11.3 Å². The minimum atomic E-state index is -0.491. The normalized spacial score (nSPS) is 23.0. The summed E-state index contributed by atoms with van der Waals surface area (Å²) in [6, 6.07) is 8.30. The number of benzene rings is 19. The van der Waals surface area contributed by atoms with E-state index < -0.39 is 10.8 Å². The zero-order valence-corrected chi connectivity index (χ0v) is 36.2. The highest BCUT2D eigenvalue weighted by Crippen LogP contribution is 2.92. The molecule has 29 aromatic rings. The molecule has 71 heavy (non-hydrogen) atoms. The highest BCUT2D eigenvalue weighted by atomic mass is 16.5. The Morgan fingerprint density at radius 2 is 0.423 bits per heavy atom. The van der Waals surface area contributed by atoms with Crippen LogP contribution in [0.5, 0.6) is 5.75 Å². The number of hydrogen-bond donors (Lipinski definition) is 0. The van der Waals surface area contributed by atoms with Gasteiger partial charge in [0, 0.05) is 16.4 Å². The molecule has 2 nitrogen and oxygen atoms in total. The molecule has 5 aliphatic rings. The lowest BCUT2D eigenvalue weighted by Gasteiger charge is -2.32. The molecule has 29 aromatic carbocycles. The summed E-state index contributed by atoms with van der Waals surface area (Å²) in [5.74, 6) is 0.906. The first-order valence-corrected chi connectivity index (χ1v) is 26.3. The van der Waals surface area contributed by atoms with Crippen molar-refractivity contribution >= 4 is 297 Å². The molecule has 296 valence electrons. The largest absolute Gasteiger partial charge is 0.497 e. The predicted molar refractivity (Wildman–Crippen MR) is 295 cm³/mol. The van der Waals surface area contributed by atoms with Gasteiger partial charge in [-0.3, -0.25) is 4.79 Å². The van der Waals surface area contributed by atoms with Crippen molar-refractivity contribution in [2.45, 2.75) is 10.8 Å². The average molecular weight is 869 g/mol. The van der Waals surface area contributed by atoms with Gasteiger partial charge in [0.1, 0.15) is 5.75 Å². The van der Waals surface area contributed by atoms with Gasteiger partial charge in [0.05, 0.1) is 13.0 Å². The number of carbonyl (C=O) groups excluding carboxylic acids is 1. The van der Waals surface area contributed by atoms with Crippen molar-refractivity contribution in [3.63, 3.8) is 0 Å². The number of Topliss-reactive ketones (excluding diaryl/α,β-unsaturated/α-hetero) is 1. The standard InChI is InChI=1S/C69H8O2/c1-71-7-4-2-6(3-5-7)66(70)67-68-62-54-46-36-26-18-10-8-9-12-16-14(10)22-30-24(16)34-28-20(12)21-13(9)17-15-11(8)19(18)27-33-23(15)31-25(17)35-29(21)39-38(28)48-42(34)52-44(30)50(40(46)32(22)26)58(62)60(52)64-56(48)57-49(39)43(35)53-45(31)51-41(33)47(37(27)36)55(54)63(68)59(51)61(53)65(57)69(64,67)68/h2-5,67H,1H3. The molecule has 34 rings (SSSR count). The van der Waals surface area contributed by atoms with Crippen molar-refractivity contribution in [3.05, 3.63) is 52.1 Å². The monoisotopic (exact) mass is 868 g/mol. The average Bonchev–Trinajstić information content (AvgIpc) is 4.00. The van der Waals surface area contributed by atoms with E-state index in [2.05, 4.69) is 12.1 Å². The Kier molecular flexibility index (Phi) is 2.17. The lowest BCUT2D eigenvalue weighted by Crippen LogP contribution is -2.27. The highest BCUT2D eigenvalue weighted by molar-refractivity contribution is 6.82. The molecule has 2 spiro atoms. The second-order valence-corrected chi connectivity index (χ2v) is 25.9. The smallest absolute Gasteiger partial charge is 0.168 e. The second-order valence-electron chi connectivity index (χ2n) is 25.9. The third-order valence-corrected chi connectivity index (χ3v) is 25.9. The van der Waals surface area contributed by atoms with Crippen LogP contribution < -0.4 is 4.74 Å². The quantitative estimate of drug-likeness (QED) is 0.131. The molecule has 1 saturated carbocycles. The Bertz CT molecular complexity index is 6900. The van der Waals surface area contributed by atoms with Crippen molar-refractivity contribution in [3.8, 4) is 5.75 Å². The van der Waals surface area contributed by atoms with Crippen molar-refractivity contribution < 1.29 is 9.53 Å². The SMILES string of the molecule is COc1ccc(C(=O)C2C34c5c6c7c8c9c%10c(c%11c%12c3c3c5c5c%13c6c6c7c7c9c9c%14c%10c%10c%11c%11c%12c%12c3c3c5c5c%13c%13c6c6c7c9c7c9c%14c%10c%10c%11c%11c%12c3c3c5c5c%13c6c7c6c9c%10c%11c3c56)C824)cc1. The summed E-state index contributed by atoms with van der Waals surface area (Å²) in [4.78, 5) is 16.9. The summed E-state index contributed by atoms with van der Waals surface area (Å²) in [7, 11) is 1.74. The third kappa shape index (κ3) is 1.38. The summed E-state index contributed by atoms with van der Waals surface area (Å²) in [5, 5.41) is 86.2. The van der Waals surface area contributed by atoms with Gasteiger partial charge in [-0.15, -0.1) is 0 Å². The number of ketones is 1. The lowest BCUT2D eigenvalue weighted by atomic mass is 9.68. The Morgan fingerprint density at radius 1 is 0.268 bits per heavy atom. The lowest BCUT2D eigenvalue weighted by molar-refractivity contribution is 0.0956. The molecule has 0 saturated heterocycles. The molecule has 5 aliphatic carbocycles. The molecule has 0 amide bonds. The molecule has 0 atom stereocenters. The number of carbonyl (C=O) groups is 1. The third-order valence-electron chi connectivity index (χ3n) is 25.9. The molecule has 2 heteroatoms. The molecule has 0 radical (unpaired) electrons. The Morgan fingerprint density at radius 3 is 0.577 bits per heavy atom. The summed E-state index contributed by atoms with van der Waals surface area (Å²) >= 11 is 0. The first-order valence-electron chi connectivity index (χ1n) is 26.3.